The lowest BCUT2D eigenvalue weighted by atomic mass is 10.2. The Morgan fingerprint density at radius 3 is 2.56 bits per heavy atom. The van der Waals surface area contributed by atoms with E-state index in [1.54, 1.807) is 29.1 Å². The van der Waals surface area contributed by atoms with Gasteiger partial charge in [-0.1, -0.05) is 30.3 Å². The summed E-state index contributed by atoms with van der Waals surface area (Å²) in [6.45, 7) is 2.65. The molecule has 0 aliphatic carbocycles. The second kappa shape index (κ2) is 5.22. The molecule has 2 aromatic rings. The van der Waals surface area contributed by atoms with Gasteiger partial charge in [-0.2, -0.15) is 5.10 Å². The number of benzene rings is 1. The summed E-state index contributed by atoms with van der Waals surface area (Å²) in [5.74, 6) is 0.306. The summed E-state index contributed by atoms with van der Waals surface area (Å²) in [6, 6.07) is 10.7. The molecular formula is C12H15N3O2S. The Bertz CT molecular complexity index is 605. The van der Waals surface area contributed by atoms with Crippen molar-refractivity contribution in [3.05, 3.63) is 48.2 Å². The normalized spacial score (nSPS) is 11.4. The van der Waals surface area contributed by atoms with Crippen LogP contribution in [0.5, 0.6) is 0 Å². The molecule has 0 unspecified atom stereocenters. The van der Waals surface area contributed by atoms with E-state index in [2.05, 4.69) is 9.82 Å². The maximum atomic E-state index is 11.9. The molecule has 0 saturated heterocycles. The minimum atomic E-state index is -3.41. The van der Waals surface area contributed by atoms with Crippen LogP contribution in [0.2, 0.25) is 0 Å². The number of hydrogen-bond acceptors (Lipinski definition) is 3. The first-order valence-electron chi connectivity index (χ1n) is 5.67. The summed E-state index contributed by atoms with van der Waals surface area (Å²) in [5.41, 5.74) is 0.750. The van der Waals surface area contributed by atoms with Gasteiger partial charge in [0.15, 0.2) is 5.82 Å². The van der Waals surface area contributed by atoms with Crippen molar-refractivity contribution in [1.82, 2.24) is 9.78 Å². The van der Waals surface area contributed by atoms with Gasteiger partial charge in [0.25, 0.3) is 0 Å². The maximum Gasteiger partial charge on any atom is 0.238 e. The van der Waals surface area contributed by atoms with E-state index in [1.165, 1.54) is 0 Å². The van der Waals surface area contributed by atoms with Crippen LogP contribution in [-0.2, 0) is 22.3 Å². The molecule has 1 heterocycles. The number of nitrogens with zero attached hydrogens (tertiary/aromatic N) is 2. The van der Waals surface area contributed by atoms with Gasteiger partial charge < -0.3 is 0 Å². The monoisotopic (exact) mass is 265 g/mol. The SMILES string of the molecule is CCn1ccc(NS(=O)(=O)Cc2ccccc2)n1. The highest BCUT2D eigenvalue weighted by molar-refractivity contribution is 7.91. The van der Waals surface area contributed by atoms with Gasteiger partial charge in [-0.3, -0.25) is 9.40 Å². The van der Waals surface area contributed by atoms with Crippen LogP contribution in [-0.4, -0.2) is 18.2 Å². The molecule has 0 aliphatic heterocycles. The van der Waals surface area contributed by atoms with E-state index in [4.69, 9.17) is 0 Å². The zero-order valence-corrected chi connectivity index (χ0v) is 10.9. The molecule has 96 valence electrons. The number of rotatable bonds is 5. The number of nitrogens with one attached hydrogen (secondary N) is 1. The van der Waals surface area contributed by atoms with Gasteiger partial charge in [-0.25, -0.2) is 8.42 Å². The summed E-state index contributed by atoms with van der Waals surface area (Å²) in [4.78, 5) is 0. The molecule has 1 N–H and O–H groups in total. The van der Waals surface area contributed by atoms with Crippen molar-refractivity contribution in [1.29, 1.82) is 0 Å². The molecule has 0 saturated carbocycles. The smallest absolute Gasteiger partial charge is 0.238 e. The first-order valence-corrected chi connectivity index (χ1v) is 7.32. The molecule has 0 fully saturated rings. The van der Waals surface area contributed by atoms with E-state index in [0.29, 0.717) is 12.4 Å². The predicted molar refractivity (Wildman–Crippen MR) is 70.6 cm³/mol. The number of hydrogen-bond donors (Lipinski definition) is 1. The first kappa shape index (κ1) is 12.6. The molecule has 0 amide bonds. The molecule has 0 radical (unpaired) electrons. The molecule has 5 nitrogen and oxygen atoms in total. The summed E-state index contributed by atoms with van der Waals surface area (Å²) in [5, 5.41) is 4.08. The van der Waals surface area contributed by atoms with E-state index in [9.17, 15) is 8.42 Å². The van der Waals surface area contributed by atoms with E-state index in [1.807, 2.05) is 25.1 Å². The molecule has 0 aliphatic rings. The Labute approximate surface area is 107 Å². The molecule has 18 heavy (non-hydrogen) atoms. The van der Waals surface area contributed by atoms with Gasteiger partial charge in [0.2, 0.25) is 10.0 Å². The molecule has 0 atom stereocenters. The van der Waals surface area contributed by atoms with Crippen LogP contribution in [0, 0.1) is 0 Å². The molecule has 1 aromatic heterocycles. The molecule has 2 rings (SSSR count). The number of aromatic nitrogens is 2. The summed E-state index contributed by atoms with van der Waals surface area (Å²) in [6.07, 6.45) is 1.74. The van der Waals surface area contributed by atoms with Crippen molar-refractivity contribution in [2.24, 2.45) is 0 Å². The Balaban J connectivity index is 2.08. The highest BCUT2D eigenvalue weighted by Gasteiger charge is 2.12. The Kier molecular flexibility index (Phi) is 3.66. The zero-order valence-electron chi connectivity index (χ0n) is 10.1. The lowest BCUT2D eigenvalue weighted by Gasteiger charge is -2.05. The van der Waals surface area contributed by atoms with Crippen LogP contribution in [0.25, 0.3) is 0 Å². The molecule has 0 spiro atoms. The molecule has 6 heteroatoms. The fourth-order valence-corrected chi connectivity index (χ4v) is 2.71. The Hall–Kier alpha value is -1.82. The van der Waals surface area contributed by atoms with Gasteiger partial charge >= 0.3 is 0 Å². The van der Waals surface area contributed by atoms with Crippen molar-refractivity contribution in [3.63, 3.8) is 0 Å². The van der Waals surface area contributed by atoms with Crippen LogP contribution in [0.3, 0.4) is 0 Å². The highest BCUT2D eigenvalue weighted by atomic mass is 32.2. The summed E-state index contributed by atoms with van der Waals surface area (Å²) >= 11 is 0. The minimum Gasteiger partial charge on any atom is -0.271 e. The standard InChI is InChI=1S/C12H15N3O2S/c1-2-15-9-8-12(13-15)14-18(16,17)10-11-6-4-3-5-7-11/h3-9H,2,10H2,1H3,(H,13,14). The molecule has 0 bridgehead atoms. The summed E-state index contributed by atoms with van der Waals surface area (Å²) < 4.78 is 27.9. The first-order chi connectivity index (χ1) is 8.59. The highest BCUT2D eigenvalue weighted by Crippen LogP contribution is 2.10. The lowest BCUT2D eigenvalue weighted by Crippen LogP contribution is -2.15. The van der Waals surface area contributed by atoms with E-state index in [-0.39, 0.29) is 5.75 Å². The third kappa shape index (κ3) is 3.33. The van der Waals surface area contributed by atoms with Crippen LogP contribution in [0.1, 0.15) is 12.5 Å². The fourth-order valence-electron chi connectivity index (χ4n) is 1.58. The number of aryl methyl sites for hydroxylation is 1. The van der Waals surface area contributed by atoms with Crippen molar-refractivity contribution in [3.8, 4) is 0 Å². The van der Waals surface area contributed by atoms with Crippen molar-refractivity contribution >= 4 is 15.8 Å². The van der Waals surface area contributed by atoms with E-state index in [0.717, 1.165) is 5.56 Å². The van der Waals surface area contributed by atoms with Gasteiger partial charge in [0.05, 0.1) is 5.75 Å². The van der Waals surface area contributed by atoms with E-state index < -0.39 is 10.0 Å². The number of anilines is 1. The van der Waals surface area contributed by atoms with Gasteiger partial charge in [0.1, 0.15) is 0 Å². The largest absolute Gasteiger partial charge is 0.271 e. The maximum absolute atomic E-state index is 11.9. The van der Waals surface area contributed by atoms with Crippen molar-refractivity contribution < 1.29 is 8.42 Å². The van der Waals surface area contributed by atoms with E-state index >= 15 is 0 Å². The zero-order chi connectivity index (χ0) is 13.0. The van der Waals surface area contributed by atoms with Gasteiger partial charge in [0, 0.05) is 18.8 Å². The third-order valence-electron chi connectivity index (χ3n) is 2.42. The fraction of sp³-hybridized carbons (Fsp3) is 0.250. The average molecular weight is 265 g/mol. The Morgan fingerprint density at radius 2 is 1.94 bits per heavy atom. The topological polar surface area (TPSA) is 64.0 Å². The minimum absolute atomic E-state index is 0.0488. The van der Waals surface area contributed by atoms with Crippen LogP contribution >= 0.6 is 0 Å². The van der Waals surface area contributed by atoms with Crippen LogP contribution < -0.4 is 4.72 Å². The lowest BCUT2D eigenvalue weighted by molar-refractivity contribution is 0.599. The average Bonchev–Trinajstić information content (AvgIpc) is 2.76. The van der Waals surface area contributed by atoms with Crippen LogP contribution in [0.4, 0.5) is 5.82 Å². The summed E-state index contributed by atoms with van der Waals surface area (Å²) in [7, 11) is -3.41. The van der Waals surface area contributed by atoms with Gasteiger partial charge in [-0.05, 0) is 12.5 Å². The third-order valence-corrected chi connectivity index (χ3v) is 3.66. The molecular weight excluding hydrogens is 250 g/mol. The second-order valence-electron chi connectivity index (χ2n) is 3.90. The van der Waals surface area contributed by atoms with Crippen molar-refractivity contribution in [2.75, 3.05) is 4.72 Å². The van der Waals surface area contributed by atoms with Gasteiger partial charge in [-0.15, -0.1) is 0 Å². The van der Waals surface area contributed by atoms with Crippen molar-refractivity contribution in [2.45, 2.75) is 19.2 Å². The predicted octanol–water partition coefficient (Wildman–Crippen LogP) is 1.84. The molecule has 1 aromatic carbocycles. The second-order valence-corrected chi connectivity index (χ2v) is 5.63. The Morgan fingerprint density at radius 1 is 1.22 bits per heavy atom. The van der Waals surface area contributed by atoms with Crippen LogP contribution in [0.15, 0.2) is 42.6 Å². The quantitative estimate of drug-likeness (QED) is 0.897. The number of sulfonamides is 1.